The Morgan fingerprint density at radius 2 is 2.08 bits per heavy atom. The van der Waals surface area contributed by atoms with E-state index in [9.17, 15) is 4.79 Å². The summed E-state index contributed by atoms with van der Waals surface area (Å²) in [5.74, 6) is 0.191. The van der Waals surface area contributed by atoms with E-state index in [1.807, 2.05) is 6.92 Å². The summed E-state index contributed by atoms with van der Waals surface area (Å²) in [5.41, 5.74) is 4.97. The van der Waals surface area contributed by atoms with E-state index in [1.165, 1.54) is 0 Å². The molecular weight excluding hydrogens is 154 g/mol. The van der Waals surface area contributed by atoms with Gasteiger partial charge in [0.05, 0.1) is 0 Å². The van der Waals surface area contributed by atoms with Crippen LogP contribution in [-0.2, 0) is 4.79 Å². The van der Waals surface area contributed by atoms with Crippen molar-refractivity contribution in [2.45, 2.75) is 32.6 Å². The van der Waals surface area contributed by atoms with E-state index in [-0.39, 0.29) is 17.9 Å². The van der Waals surface area contributed by atoms with E-state index in [2.05, 4.69) is 0 Å². The van der Waals surface area contributed by atoms with E-state index in [0.717, 1.165) is 25.7 Å². The lowest BCUT2D eigenvalue weighted by Gasteiger charge is -2.33. The van der Waals surface area contributed by atoms with Crippen LogP contribution < -0.4 is 5.73 Å². The maximum Gasteiger partial charge on any atom is 0.223 e. The molecule has 0 bridgehead atoms. The molecule has 1 saturated carbocycles. The second-order valence-electron chi connectivity index (χ2n) is 4.05. The summed E-state index contributed by atoms with van der Waals surface area (Å²) in [6.45, 7) is 2.16. The molecule has 0 radical (unpaired) electrons. The third kappa shape index (κ3) is 1.78. The van der Waals surface area contributed by atoms with Crippen molar-refractivity contribution in [2.75, 3.05) is 6.61 Å². The fraction of sp³-hybridized carbons (Fsp3) is 0.889. The van der Waals surface area contributed by atoms with E-state index >= 15 is 0 Å². The fourth-order valence-corrected chi connectivity index (χ4v) is 1.74. The Bertz CT molecular complexity index is 171. The third-order valence-electron chi connectivity index (χ3n) is 3.06. The highest BCUT2D eigenvalue weighted by Crippen LogP contribution is 2.37. The van der Waals surface area contributed by atoms with Crippen molar-refractivity contribution in [3.63, 3.8) is 0 Å². The molecule has 12 heavy (non-hydrogen) atoms. The van der Waals surface area contributed by atoms with E-state index in [4.69, 9.17) is 10.8 Å². The molecule has 0 spiro atoms. The predicted octanol–water partition coefficient (Wildman–Crippen LogP) is 0.660. The first kappa shape index (κ1) is 9.52. The maximum atomic E-state index is 11.0. The molecule has 1 amide bonds. The quantitative estimate of drug-likeness (QED) is 0.641. The highest BCUT2D eigenvalue weighted by Gasteiger charge is 2.35. The van der Waals surface area contributed by atoms with E-state index in [1.54, 1.807) is 0 Å². The minimum Gasteiger partial charge on any atom is -0.396 e. The Hall–Kier alpha value is -0.570. The molecule has 0 heterocycles. The molecule has 70 valence electrons. The van der Waals surface area contributed by atoms with Crippen LogP contribution in [-0.4, -0.2) is 17.6 Å². The van der Waals surface area contributed by atoms with Crippen LogP contribution in [0.2, 0.25) is 0 Å². The first-order chi connectivity index (χ1) is 5.58. The van der Waals surface area contributed by atoms with Gasteiger partial charge in [0.25, 0.3) is 0 Å². The Morgan fingerprint density at radius 3 is 2.42 bits per heavy atom. The van der Waals surface area contributed by atoms with Crippen molar-refractivity contribution in [1.29, 1.82) is 0 Å². The van der Waals surface area contributed by atoms with Gasteiger partial charge in [-0.05, 0) is 31.6 Å². The summed E-state index contributed by atoms with van der Waals surface area (Å²) in [5, 5.41) is 8.88. The Labute approximate surface area is 72.9 Å². The van der Waals surface area contributed by atoms with Gasteiger partial charge in [-0.1, -0.05) is 6.92 Å². The zero-order chi connectivity index (χ0) is 9.19. The predicted molar refractivity (Wildman–Crippen MR) is 46.3 cm³/mol. The molecule has 0 aromatic rings. The average Bonchev–Trinajstić information content (AvgIpc) is 2.06. The molecule has 1 aliphatic carbocycles. The smallest absolute Gasteiger partial charge is 0.223 e. The van der Waals surface area contributed by atoms with Crippen molar-refractivity contribution in [3.05, 3.63) is 0 Å². The standard InChI is InChI=1S/C9H17NO2/c1-9(8(10)12)4-2-7(6-11)3-5-9/h7,11H,2-6H2,1H3,(H2,10,12). The lowest BCUT2D eigenvalue weighted by atomic mass is 9.71. The van der Waals surface area contributed by atoms with Crippen molar-refractivity contribution >= 4 is 5.91 Å². The summed E-state index contributed by atoms with van der Waals surface area (Å²) >= 11 is 0. The van der Waals surface area contributed by atoms with Crippen LogP contribution in [0.15, 0.2) is 0 Å². The van der Waals surface area contributed by atoms with Crippen LogP contribution >= 0.6 is 0 Å². The van der Waals surface area contributed by atoms with Crippen molar-refractivity contribution < 1.29 is 9.90 Å². The Balaban J connectivity index is 2.49. The van der Waals surface area contributed by atoms with Gasteiger partial charge < -0.3 is 10.8 Å². The topological polar surface area (TPSA) is 63.3 Å². The van der Waals surface area contributed by atoms with Crippen molar-refractivity contribution in [1.82, 2.24) is 0 Å². The van der Waals surface area contributed by atoms with Gasteiger partial charge >= 0.3 is 0 Å². The number of amides is 1. The molecule has 0 aromatic heterocycles. The van der Waals surface area contributed by atoms with Gasteiger partial charge in [-0.15, -0.1) is 0 Å². The van der Waals surface area contributed by atoms with Crippen LogP contribution in [0.25, 0.3) is 0 Å². The van der Waals surface area contributed by atoms with Gasteiger partial charge in [0.1, 0.15) is 0 Å². The molecule has 0 aromatic carbocycles. The zero-order valence-corrected chi connectivity index (χ0v) is 7.55. The minimum absolute atomic E-state index is 0.195. The number of carbonyl (C=O) groups is 1. The summed E-state index contributed by atoms with van der Waals surface area (Å²) in [7, 11) is 0. The highest BCUT2D eigenvalue weighted by molar-refractivity contribution is 5.80. The molecular formula is C9H17NO2. The number of nitrogens with two attached hydrogens (primary N) is 1. The molecule has 1 aliphatic rings. The number of hydrogen-bond acceptors (Lipinski definition) is 2. The molecule has 1 rings (SSSR count). The van der Waals surface area contributed by atoms with Crippen molar-refractivity contribution in [2.24, 2.45) is 17.1 Å². The van der Waals surface area contributed by atoms with Crippen molar-refractivity contribution in [3.8, 4) is 0 Å². The summed E-state index contributed by atoms with van der Waals surface area (Å²) in [6, 6.07) is 0. The molecule has 0 aliphatic heterocycles. The lowest BCUT2D eigenvalue weighted by molar-refractivity contribution is -0.129. The van der Waals surface area contributed by atoms with E-state index < -0.39 is 0 Å². The molecule has 1 fully saturated rings. The fourth-order valence-electron chi connectivity index (χ4n) is 1.74. The largest absolute Gasteiger partial charge is 0.396 e. The molecule has 3 nitrogen and oxygen atoms in total. The SMILES string of the molecule is CC1(C(N)=O)CCC(CO)CC1. The first-order valence-electron chi connectivity index (χ1n) is 4.49. The summed E-state index contributed by atoms with van der Waals surface area (Å²) in [6.07, 6.45) is 3.51. The zero-order valence-electron chi connectivity index (χ0n) is 7.55. The van der Waals surface area contributed by atoms with Crippen LogP contribution in [0.1, 0.15) is 32.6 Å². The summed E-state index contributed by atoms with van der Waals surface area (Å²) in [4.78, 5) is 11.0. The number of aliphatic hydroxyl groups excluding tert-OH is 1. The number of aliphatic hydroxyl groups is 1. The molecule has 3 heteroatoms. The third-order valence-corrected chi connectivity index (χ3v) is 3.06. The monoisotopic (exact) mass is 171 g/mol. The minimum atomic E-state index is -0.314. The molecule has 0 atom stereocenters. The normalized spacial score (nSPS) is 36.3. The molecule has 3 N–H and O–H groups in total. The van der Waals surface area contributed by atoms with Gasteiger partial charge in [-0.3, -0.25) is 4.79 Å². The number of hydrogen-bond donors (Lipinski definition) is 2. The van der Waals surface area contributed by atoms with Gasteiger partial charge in [0.2, 0.25) is 5.91 Å². The number of primary amides is 1. The Morgan fingerprint density at radius 1 is 1.58 bits per heavy atom. The summed E-state index contributed by atoms with van der Waals surface area (Å²) < 4.78 is 0. The second kappa shape index (κ2) is 3.44. The van der Waals surface area contributed by atoms with Crippen LogP contribution in [0.3, 0.4) is 0 Å². The number of carbonyl (C=O) groups excluding carboxylic acids is 1. The first-order valence-corrected chi connectivity index (χ1v) is 4.49. The second-order valence-corrected chi connectivity index (χ2v) is 4.05. The van der Waals surface area contributed by atoms with Crippen LogP contribution in [0.5, 0.6) is 0 Å². The Kier molecular flexibility index (Phi) is 2.73. The van der Waals surface area contributed by atoms with Gasteiger partial charge in [-0.25, -0.2) is 0 Å². The average molecular weight is 171 g/mol. The van der Waals surface area contributed by atoms with Gasteiger partial charge in [0, 0.05) is 12.0 Å². The molecule has 0 saturated heterocycles. The van der Waals surface area contributed by atoms with E-state index in [0.29, 0.717) is 5.92 Å². The maximum absolute atomic E-state index is 11.0. The van der Waals surface area contributed by atoms with Gasteiger partial charge in [0.15, 0.2) is 0 Å². The lowest BCUT2D eigenvalue weighted by Crippen LogP contribution is -2.38. The van der Waals surface area contributed by atoms with Gasteiger partial charge in [-0.2, -0.15) is 0 Å². The number of rotatable bonds is 2. The van der Waals surface area contributed by atoms with Crippen LogP contribution in [0.4, 0.5) is 0 Å². The molecule has 0 unspecified atom stereocenters. The highest BCUT2D eigenvalue weighted by atomic mass is 16.3. The van der Waals surface area contributed by atoms with Crippen LogP contribution in [0, 0.1) is 11.3 Å².